The largest absolute Gasteiger partial charge is 0.379 e. The first-order valence-corrected chi connectivity index (χ1v) is 5.58. The number of hydrogen-bond acceptors (Lipinski definition) is 5. The van der Waals surface area contributed by atoms with E-state index in [1.165, 1.54) is 12.1 Å². The van der Waals surface area contributed by atoms with Gasteiger partial charge in [0.2, 0.25) is 0 Å². The Kier molecular flexibility index (Phi) is 3.17. The highest BCUT2D eigenvalue weighted by Gasteiger charge is 2.29. The average molecular weight is 247 g/mol. The third-order valence-electron chi connectivity index (χ3n) is 2.98. The second kappa shape index (κ2) is 4.63. The predicted molar refractivity (Wildman–Crippen MR) is 65.3 cm³/mol. The number of ether oxygens (including phenoxy) is 1. The summed E-state index contributed by atoms with van der Waals surface area (Å²) in [5.74, 6) is 0. The van der Waals surface area contributed by atoms with Crippen LogP contribution in [0.25, 0.3) is 0 Å². The number of benzene rings is 1. The minimum Gasteiger partial charge on any atom is -0.379 e. The van der Waals surface area contributed by atoms with Gasteiger partial charge in [0, 0.05) is 18.4 Å². The Morgan fingerprint density at radius 1 is 1.61 bits per heavy atom. The second-order valence-corrected chi connectivity index (χ2v) is 4.59. The molecule has 18 heavy (non-hydrogen) atoms. The number of nitro benzene ring substituents is 1. The van der Waals surface area contributed by atoms with E-state index in [-0.39, 0.29) is 16.8 Å². The number of anilines is 1. The van der Waals surface area contributed by atoms with Crippen molar-refractivity contribution >= 4 is 11.4 Å². The van der Waals surface area contributed by atoms with Gasteiger partial charge < -0.3 is 10.1 Å². The van der Waals surface area contributed by atoms with Gasteiger partial charge in [-0.05, 0) is 25.5 Å². The van der Waals surface area contributed by atoms with E-state index in [0.717, 1.165) is 6.42 Å². The maximum Gasteiger partial charge on any atom is 0.287 e. The van der Waals surface area contributed by atoms with E-state index < -0.39 is 4.92 Å². The minimum absolute atomic E-state index is 0.0625. The zero-order valence-electron chi connectivity index (χ0n) is 9.97. The number of nitriles is 1. The van der Waals surface area contributed by atoms with E-state index >= 15 is 0 Å². The number of nitrogens with zero attached hydrogens (tertiary/aromatic N) is 2. The van der Waals surface area contributed by atoms with Gasteiger partial charge in [0.15, 0.2) is 0 Å². The van der Waals surface area contributed by atoms with Crippen molar-refractivity contribution in [3.63, 3.8) is 0 Å². The van der Waals surface area contributed by atoms with Crippen LogP contribution < -0.4 is 5.32 Å². The van der Waals surface area contributed by atoms with Crippen LogP contribution in [0.15, 0.2) is 18.2 Å². The maximum absolute atomic E-state index is 10.7. The van der Waals surface area contributed by atoms with E-state index in [0.29, 0.717) is 18.9 Å². The van der Waals surface area contributed by atoms with Gasteiger partial charge in [-0.2, -0.15) is 5.26 Å². The molecule has 0 amide bonds. The summed E-state index contributed by atoms with van der Waals surface area (Å²) < 4.78 is 5.32. The molecule has 6 heteroatoms. The summed E-state index contributed by atoms with van der Waals surface area (Å²) >= 11 is 0. The Balaban J connectivity index is 2.25. The maximum atomic E-state index is 10.7. The zero-order chi connectivity index (χ0) is 13.2. The Morgan fingerprint density at radius 2 is 2.39 bits per heavy atom. The fourth-order valence-corrected chi connectivity index (χ4v) is 1.98. The molecule has 94 valence electrons. The lowest BCUT2D eigenvalue weighted by atomic mass is 10.0. The van der Waals surface area contributed by atoms with Crippen molar-refractivity contribution in [2.75, 3.05) is 18.5 Å². The van der Waals surface area contributed by atoms with Gasteiger partial charge in [0.1, 0.15) is 11.6 Å². The second-order valence-electron chi connectivity index (χ2n) is 4.59. The first-order valence-electron chi connectivity index (χ1n) is 5.58. The van der Waals surface area contributed by atoms with Crippen molar-refractivity contribution in [2.24, 2.45) is 0 Å². The first-order chi connectivity index (χ1) is 8.54. The molecule has 0 bridgehead atoms. The number of nitrogens with one attached hydrogen (secondary N) is 1. The lowest BCUT2D eigenvalue weighted by Crippen LogP contribution is -2.34. The molecule has 0 saturated carbocycles. The van der Waals surface area contributed by atoms with Crippen molar-refractivity contribution in [3.8, 4) is 6.07 Å². The van der Waals surface area contributed by atoms with Crippen LogP contribution in [0.4, 0.5) is 11.4 Å². The van der Waals surface area contributed by atoms with Crippen molar-refractivity contribution in [2.45, 2.75) is 18.9 Å². The highest BCUT2D eigenvalue weighted by Crippen LogP contribution is 2.27. The molecule has 1 saturated heterocycles. The molecule has 1 heterocycles. The molecule has 1 aromatic carbocycles. The van der Waals surface area contributed by atoms with Gasteiger partial charge in [0.05, 0.1) is 17.1 Å². The number of hydrogen-bond donors (Lipinski definition) is 1. The molecule has 0 radical (unpaired) electrons. The number of nitro groups is 1. The van der Waals surface area contributed by atoms with Crippen molar-refractivity contribution < 1.29 is 9.66 Å². The summed E-state index contributed by atoms with van der Waals surface area (Å²) in [6.07, 6.45) is 0.867. The van der Waals surface area contributed by atoms with Gasteiger partial charge in [0.25, 0.3) is 5.69 Å². The quantitative estimate of drug-likeness (QED) is 0.652. The molecule has 1 atom stereocenters. The summed E-state index contributed by atoms with van der Waals surface area (Å²) in [6, 6.07) is 6.30. The molecule has 1 aromatic rings. The number of rotatable bonds is 3. The van der Waals surface area contributed by atoms with Gasteiger partial charge in [-0.15, -0.1) is 0 Å². The van der Waals surface area contributed by atoms with Crippen LogP contribution in [0.3, 0.4) is 0 Å². The molecule has 6 nitrogen and oxygen atoms in total. The van der Waals surface area contributed by atoms with Crippen molar-refractivity contribution in [1.29, 1.82) is 5.26 Å². The lowest BCUT2D eigenvalue weighted by Gasteiger charge is -2.24. The first kappa shape index (κ1) is 12.3. The van der Waals surface area contributed by atoms with Gasteiger partial charge in [-0.25, -0.2) is 0 Å². The van der Waals surface area contributed by atoms with Crippen LogP contribution in [-0.4, -0.2) is 23.7 Å². The van der Waals surface area contributed by atoms with Crippen molar-refractivity contribution in [3.05, 3.63) is 33.9 Å². The summed E-state index contributed by atoms with van der Waals surface area (Å²) in [6.45, 7) is 3.31. The Bertz CT molecular complexity index is 516. The zero-order valence-corrected chi connectivity index (χ0v) is 9.97. The molecule has 1 aliphatic heterocycles. The molecule has 1 N–H and O–H groups in total. The third-order valence-corrected chi connectivity index (χ3v) is 2.98. The highest BCUT2D eigenvalue weighted by molar-refractivity contribution is 5.59. The van der Waals surface area contributed by atoms with Crippen molar-refractivity contribution in [1.82, 2.24) is 0 Å². The molecule has 1 unspecified atom stereocenters. The fraction of sp³-hybridized carbons (Fsp3) is 0.417. The van der Waals surface area contributed by atoms with E-state index in [4.69, 9.17) is 10.00 Å². The Morgan fingerprint density at radius 3 is 2.94 bits per heavy atom. The minimum atomic E-state index is -0.553. The molecule has 0 aromatic heterocycles. The van der Waals surface area contributed by atoms with E-state index in [9.17, 15) is 10.1 Å². The molecule has 2 rings (SSSR count). The van der Waals surface area contributed by atoms with E-state index in [2.05, 4.69) is 5.32 Å². The van der Waals surface area contributed by atoms with Crippen LogP contribution in [0.2, 0.25) is 0 Å². The summed E-state index contributed by atoms with van der Waals surface area (Å²) in [5.41, 5.74) is 0.414. The highest BCUT2D eigenvalue weighted by atomic mass is 16.6. The molecule has 1 aliphatic rings. The normalized spacial score (nSPS) is 22.4. The predicted octanol–water partition coefficient (Wildman–Crippen LogP) is 2.06. The molecule has 0 spiro atoms. The smallest absolute Gasteiger partial charge is 0.287 e. The fourth-order valence-electron chi connectivity index (χ4n) is 1.98. The summed E-state index contributed by atoms with van der Waals surface area (Å²) in [7, 11) is 0. The molecular weight excluding hydrogens is 234 g/mol. The van der Waals surface area contributed by atoms with Gasteiger partial charge in [-0.1, -0.05) is 0 Å². The Hall–Kier alpha value is -2.13. The Labute approximate surface area is 104 Å². The lowest BCUT2D eigenvalue weighted by molar-refractivity contribution is -0.385. The van der Waals surface area contributed by atoms with Crippen LogP contribution >= 0.6 is 0 Å². The summed E-state index contributed by atoms with van der Waals surface area (Å²) in [4.78, 5) is 10.2. The molecule has 0 aliphatic carbocycles. The molecule has 1 fully saturated rings. The topological polar surface area (TPSA) is 88.2 Å². The SMILES string of the molecule is CC1(Nc2ccc([N+](=O)[O-])c(C#N)c2)CCOC1. The van der Waals surface area contributed by atoms with Crippen LogP contribution in [0.1, 0.15) is 18.9 Å². The van der Waals surface area contributed by atoms with Crippen LogP contribution in [-0.2, 0) is 4.74 Å². The van der Waals surface area contributed by atoms with E-state index in [1.807, 2.05) is 13.0 Å². The molecular formula is C12H13N3O3. The average Bonchev–Trinajstić information content (AvgIpc) is 2.75. The van der Waals surface area contributed by atoms with Crippen LogP contribution in [0.5, 0.6) is 0 Å². The van der Waals surface area contributed by atoms with Gasteiger partial charge in [-0.3, -0.25) is 10.1 Å². The summed E-state index contributed by atoms with van der Waals surface area (Å²) in [5, 5.41) is 22.9. The monoisotopic (exact) mass is 247 g/mol. The van der Waals surface area contributed by atoms with Crippen LogP contribution in [0, 0.1) is 21.4 Å². The van der Waals surface area contributed by atoms with Gasteiger partial charge >= 0.3 is 0 Å². The third kappa shape index (κ3) is 2.41. The van der Waals surface area contributed by atoms with E-state index in [1.54, 1.807) is 6.07 Å². The standard InChI is InChI=1S/C12H13N3O3/c1-12(4-5-18-8-12)14-10-2-3-11(15(16)17)9(6-10)7-13/h2-3,6,14H,4-5,8H2,1H3.